The minimum atomic E-state index is 0.0133. The first kappa shape index (κ1) is 15.5. The van der Waals surface area contributed by atoms with E-state index in [2.05, 4.69) is 31.5 Å². The lowest BCUT2D eigenvalue weighted by atomic mass is 10.2. The number of amides is 1. The Bertz CT molecular complexity index is 602. The first-order valence-corrected chi connectivity index (χ1v) is 7.61. The van der Waals surface area contributed by atoms with Crippen LogP contribution < -0.4 is 10.6 Å². The molecule has 1 heterocycles. The van der Waals surface area contributed by atoms with Gasteiger partial charge >= 0.3 is 0 Å². The summed E-state index contributed by atoms with van der Waals surface area (Å²) < 4.78 is 1.06. The number of anilines is 1. The van der Waals surface area contributed by atoms with Crippen molar-refractivity contribution in [2.45, 2.75) is 19.9 Å². The number of aryl methyl sites for hydroxylation is 1. The maximum absolute atomic E-state index is 11.7. The molecule has 0 aliphatic rings. The van der Waals surface area contributed by atoms with Crippen LogP contribution >= 0.6 is 15.9 Å². The highest BCUT2D eigenvalue weighted by atomic mass is 79.9. The fourth-order valence-electron chi connectivity index (χ4n) is 1.80. The average molecular weight is 348 g/mol. The van der Waals surface area contributed by atoms with E-state index in [-0.39, 0.29) is 5.91 Å². The number of nitrogens with one attached hydrogen (secondary N) is 2. The molecule has 2 rings (SSSR count). The number of hydrogen-bond acceptors (Lipinski definition) is 3. The van der Waals surface area contributed by atoms with Gasteiger partial charge in [0.1, 0.15) is 0 Å². The number of pyridine rings is 1. The van der Waals surface area contributed by atoms with E-state index in [0.717, 1.165) is 15.9 Å². The SMILES string of the molecule is Cc1ccc(NCCC(=O)NCc2ccccn2)cc1Br. The third-order valence-corrected chi connectivity index (χ3v) is 3.90. The third kappa shape index (κ3) is 5.19. The molecule has 5 heteroatoms. The van der Waals surface area contributed by atoms with Gasteiger partial charge in [0.05, 0.1) is 12.2 Å². The number of carbonyl (C=O) groups excluding carboxylic acids is 1. The van der Waals surface area contributed by atoms with Crippen molar-refractivity contribution in [3.8, 4) is 0 Å². The number of hydrogen-bond donors (Lipinski definition) is 2. The maximum atomic E-state index is 11.7. The van der Waals surface area contributed by atoms with Crippen molar-refractivity contribution in [1.29, 1.82) is 0 Å². The van der Waals surface area contributed by atoms with E-state index in [1.807, 2.05) is 43.3 Å². The molecule has 0 saturated heterocycles. The molecule has 2 N–H and O–H groups in total. The Morgan fingerprint density at radius 2 is 2.14 bits per heavy atom. The standard InChI is InChI=1S/C16H18BrN3O/c1-12-5-6-13(10-15(12)17)19-9-7-16(21)20-11-14-4-2-3-8-18-14/h2-6,8,10,19H,7,9,11H2,1H3,(H,20,21). The molecule has 21 heavy (non-hydrogen) atoms. The lowest BCUT2D eigenvalue weighted by molar-refractivity contribution is -0.121. The normalized spacial score (nSPS) is 10.2. The number of carbonyl (C=O) groups is 1. The molecule has 0 aliphatic carbocycles. The Morgan fingerprint density at radius 1 is 1.29 bits per heavy atom. The smallest absolute Gasteiger partial charge is 0.222 e. The summed E-state index contributed by atoms with van der Waals surface area (Å²) in [5.74, 6) is 0.0133. The molecule has 0 atom stereocenters. The minimum Gasteiger partial charge on any atom is -0.384 e. The summed E-state index contributed by atoms with van der Waals surface area (Å²) >= 11 is 3.49. The molecule has 2 aromatic rings. The van der Waals surface area contributed by atoms with Crippen LogP contribution in [0.3, 0.4) is 0 Å². The predicted molar refractivity (Wildman–Crippen MR) is 88.1 cm³/mol. The number of rotatable bonds is 6. The number of aromatic nitrogens is 1. The van der Waals surface area contributed by atoms with E-state index in [1.165, 1.54) is 5.56 Å². The molecule has 110 valence electrons. The van der Waals surface area contributed by atoms with Gasteiger partial charge in [0.15, 0.2) is 0 Å². The van der Waals surface area contributed by atoms with Gasteiger partial charge in [0.25, 0.3) is 0 Å². The maximum Gasteiger partial charge on any atom is 0.222 e. The van der Waals surface area contributed by atoms with Crippen molar-refractivity contribution in [1.82, 2.24) is 10.3 Å². The van der Waals surface area contributed by atoms with Crippen LogP contribution in [0, 0.1) is 6.92 Å². The van der Waals surface area contributed by atoms with Crippen molar-refractivity contribution in [3.63, 3.8) is 0 Å². The predicted octanol–water partition coefficient (Wildman–Crippen LogP) is 3.27. The van der Waals surface area contributed by atoms with E-state index in [9.17, 15) is 4.79 Å². The van der Waals surface area contributed by atoms with Gasteiger partial charge in [-0.15, -0.1) is 0 Å². The molecule has 0 spiro atoms. The van der Waals surface area contributed by atoms with Crippen molar-refractivity contribution in [3.05, 3.63) is 58.3 Å². The summed E-state index contributed by atoms with van der Waals surface area (Å²) in [5.41, 5.74) is 3.06. The highest BCUT2D eigenvalue weighted by Gasteiger charge is 2.02. The lowest BCUT2D eigenvalue weighted by Crippen LogP contribution is -2.25. The summed E-state index contributed by atoms with van der Waals surface area (Å²) in [7, 11) is 0. The molecule has 1 amide bonds. The highest BCUT2D eigenvalue weighted by Crippen LogP contribution is 2.20. The second kappa shape index (κ2) is 7.78. The van der Waals surface area contributed by atoms with Crippen LogP contribution in [-0.2, 0) is 11.3 Å². The summed E-state index contributed by atoms with van der Waals surface area (Å²) in [6, 6.07) is 11.7. The fourth-order valence-corrected chi connectivity index (χ4v) is 2.18. The van der Waals surface area contributed by atoms with Gasteiger partial charge in [-0.1, -0.05) is 28.1 Å². The Balaban J connectivity index is 1.70. The summed E-state index contributed by atoms with van der Waals surface area (Å²) in [5, 5.41) is 6.09. The Morgan fingerprint density at radius 3 is 2.86 bits per heavy atom. The average Bonchev–Trinajstić information content (AvgIpc) is 2.50. The Kier molecular flexibility index (Phi) is 5.75. The van der Waals surface area contributed by atoms with Crippen molar-refractivity contribution >= 4 is 27.5 Å². The Labute approximate surface area is 133 Å². The lowest BCUT2D eigenvalue weighted by Gasteiger charge is -2.08. The second-order valence-electron chi connectivity index (χ2n) is 4.74. The molecule has 1 aromatic carbocycles. The molecule has 0 bridgehead atoms. The molecule has 0 aliphatic heterocycles. The van der Waals surface area contributed by atoms with Crippen molar-refractivity contribution in [2.75, 3.05) is 11.9 Å². The number of benzene rings is 1. The first-order chi connectivity index (χ1) is 10.1. The zero-order valence-corrected chi connectivity index (χ0v) is 13.5. The van der Waals surface area contributed by atoms with Crippen LogP contribution in [0.15, 0.2) is 47.1 Å². The van der Waals surface area contributed by atoms with Gasteiger partial charge in [0, 0.05) is 29.3 Å². The van der Waals surface area contributed by atoms with Crippen LogP contribution in [0.1, 0.15) is 17.7 Å². The molecule has 0 radical (unpaired) electrons. The first-order valence-electron chi connectivity index (χ1n) is 6.82. The quantitative estimate of drug-likeness (QED) is 0.843. The molecule has 4 nitrogen and oxygen atoms in total. The van der Waals surface area contributed by atoms with Crippen LogP contribution in [0.2, 0.25) is 0 Å². The molecule has 0 fully saturated rings. The van der Waals surface area contributed by atoms with E-state index in [1.54, 1.807) is 6.20 Å². The molecule has 0 saturated carbocycles. The van der Waals surface area contributed by atoms with Gasteiger partial charge in [-0.3, -0.25) is 9.78 Å². The number of halogens is 1. The van der Waals surface area contributed by atoms with E-state index in [4.69, 9.17) is 0 Å². The van der Waals surface area contributed by atoms with Crippen LogP contribution in [-0.4, -0.2) is 17.4 Å². The molecular weight excluding hydrogens is 330 g/mol. The van der Waals surface area contributed by atoms with Crippen LogP contribution in [0.5, 0.6) is 0 Å². The summed E-state index contributed by atoms with van der Waals surface area (Å²) in [6.07, 6.45) is 2.15. The molecule has 1 aromatic heterocycles. The fraction of sp³-hybridized carbons (Fsp3) is 0.250. The zero-order chi connectivity index (χ0) is 15.1. The van der Waals surface area contributed by atoms with Gasteiger partial charge < -0.3 is 10.6 Å². The Hall–Kier alpha value is -1.88. The third-order valence-electron chi connectivity index (χ3n) is 3.05. The van der Waals surface area contributed by atoms with E-state index >= 15 is 0 Å². The molecular formula is C16H18BrN3O. The van der Waals surface area contributed by atoms with Gasteiger partial charge in [-0.2, -0.15) is 0 Å². The van der Waals surface area contributed by atoms with E-state index < -0.39 is 0 Å². The monoisotopic (exact) mass is 347 g/mol. The largest absolute Gasteiger partial charge is 0.384 e. The van der Waals surface area contributed by atoms with E-state index in [0.29, 0.717) is 19.5 Å². The van der Waals surface area contributed by atoms with Gasteiger partial charge in [0.2, 0.25) is 5.91 Å². The second-order valence-corrected chi connectivity index (χ2v) is 5.59. The zero-order valence-electron chi connectivity index (χ0n) is 11.9. The summed E-state index contributed by atoms with van der Waals surface area (Å²) in [4.78, 5) is 15.9. The number of nitrogens with zero attached hydrogens (tertiary/aromatic N) is 1. The van der Waals surface area contributed by atoms with Crippen LogP contribution in [0.25, 0.3) is 0 Å². The van der Waals surface area contributed by atoms with Gasteiger partial charge in [-0.05, 0) is 36.8 Å². The topological polar surface area (TPSA) is 54.0 Å². The highest BCUT2D eigenvalue weighted by molar-refractivity contribution is 9.10. The molecule has 0 unspecified atom stereocenters. The van der Waals surface area contributed by atoms with Crippen molar-refractivity contribution < 1.29 is 4.79 Å². The van der Waals surface area contributed by atoms with Crippen LogP contribution in [0.4, 0.5) is 5.69 Å². The minimum absolute atomic E-state index is 0.0133. The van der Waals surface area contributed by atoms with Crippen molar-refractivity contribution in [2.24, 2.45) is 0 Å². The summed E-state index contributed by atoms with van der Waals surface area (Å²) in [6.45, 7) is 3.11. The van der Waals surface area contributed by atoms with Gasteiger partial charge in [-0.25, -0.2) is 0 Å².